The number of aromatic hydroxyl groups is 1. The van der Waals surface area contributed by atoms with E-state index in [2.05, 4.69) is 9.91 Å². The lowest BCUT2D eigenvalue weighted by molar-refractivity contribution is -0.140. The zero-order chi connectivity index (χ0) is 14.6. The van der Waals surface area contributed by atoms with Crippen LogP contribution in [0, 0.1) is 4.91 Å². The van der Waals surface area contributed by atoms with Gasteiger partial charge < -0.3 is 9.84 Å². The second-order valence-electron chi connectivity index (χ2n) is 5.43. The monoisotopic (exact) mass is 265 g/mol. The molecule has 0 spiro atoms. The smallest absolute Gasteiger partial charge is 0.305 e. The van der Waals surface area contributed by atoms with Crippen LogP contribution in [-0.2, 0) is 21.4 Å². The largest absolute Gasteiger partial charge is 0.505 e. The SMILES string of the molecule is COC(=O)CCc1cc(N=O)c(O)c(C(C)(C)C)c1. The molecule has 5 heteroatoms. The molecule has 0 aliphatic carbocycles. The molecule has 19 heavy (non-hydrogen) atoms. The maximum Gasteiger partial charge on any atom is 0.305 e. The summed E-state index contributed by atoms with van der Waals surface area (Å²) in [4.78, 5) is 21.9. The average Bonchev–Trinajstić information content (AvgIpc) is 2.35. The highest BCUT2D eigenvalue weighted by atomic mass is 16.5. The van der Waals surface area contributed by atoms with E-state index in [1.165, 1.54) is 13.2 Å². The molecular weight excluding hydrogens is 246 g/mol. The van der Waals surface area contributed by atoms with Crippen LogP contribution in [0.1, 0.15) is 38.3 Å². The van der Waals surface area contributed by atoms with Gasteiger partial charge in [-0.3, -0.25) is 4.79 Å². The van der Waals surface area contributed by atoms with Gasteiger partial charge in [0, 0.05) is 12.0 Å². The molecule has 1 aromatic rings. The summed E-state index contributed by atoms with van der Waals surface area (Å²) in [6.45, 7) is 5.79. The van der Waals surface area contributed by atoms with Crippen LogP contribution >= 0.6 is 0 Å². The summed E-state index contributed by atoms with van der Waals surface area (Å²) in [5, 5.41) is 12.8. The molecule has 0 bridgehead atoms. The molecule has 1 aromatic carbocycles. The highest BCUT2D eigenvalue weighted by Crippen LogP contribution is 2.38. The van der Waals surface area contributed by atoms with Crippen molar-refractivity contribution in [1.29, 1.82) is 0 Å². The third-order valence-electron chi connectivity index (χ3n) is 2.90. The van der Waals surface area contributed by atoms with Gasteiger partial charge in [0.1, 0.15) is 11.4 Å². The van der Waals surface area contributed by atoms with E-state index in [9.17, 15) is 14.8 Å². The topological polar surface area (TPSA) is 76.0 Å². The van der Waals surface area contributed by atoms with Gasteiger partial charge in [-0.25, -0.2) is 0 Å². The fourth-order valence-electron chi connectivity index (χ4n) is 1.81. The number of hydrogen-bond donors (Lipinski definition) is 1. The number of aryl methyl sites for hydroxylation is 1. The first kappa shape index (κ1) is 15.1. The molecule has 0 aliphatic heterocycles. The van der Waals surface area contributed by atoms with Gasteiger partial charge in [0.2, 0.25) is 0 Å². The Morgan fingerprint density at radius 2 is 2.00 bits per heavy atom. The summed E-state index contributed by atoms with van der Waals surface area (Å²) in [7, 11) is 1.33. The lowest BCUT2D eigenvalue weighted by atomic mass is 9.84. The van der Waals surface area contributed by atoms with Crippen molar-refractivity contribution in [3.8, 4) is 5.75 Å². The molecule has 0 radical (unpaired) electrons. The van der Waals surface area contributed by atoms with Crippen molar-refractivity contribution < 1.29 is 14.6 Å². The van der Waals surface area contributed by atoms with Crippen molar-refractivity contribution in [2.75, 3.05) is 7.11 Å². The summed E-state index contributed by atoms with van der Waals surface area (Å²) in [5.41, 5.74) is 1.12. The lowest BCUT2D eigenvalue weighted by Crippen LogP contribution is -2.12. The molecule has 1 rings (SSSR count). The lowest BCUT2D eigenvalue weighted by Gasteiger charge is -2.21. The van der Waals surface area contributed by atoms with E-state index in [-0.39, 0.29) is 29.2 Å². The van der Waals surface area contributed by atoms with Crippen molar-refractivity contribution in [2.24, 2.45) is 5.18 Å². The Labute approximate surface area is 112 Å². The minimum atomic E-state index is -0.315. The molecule has 0 aromatic heterocycles. The molecule has 104 valence electrons. The fraction of sp³-hybridized carbons (Fsp3) is 0.500. The molecule has 0 amide bonds. The van der Waals surface area contributed by atoms with Crippen LogP contribution in [0.5, 0.6) is 5.75 Å². The van der Waals surface area contributed by atoms with Crippen LogP contribution in [0.25, 0.3) is 0 Å². The molecule has 0 saturated carbocycles. The Bertz CT molecular complexity index is 489. The van der Waals surface area contributed by atoms with Gasteiger partial charge in [-0.05, 0) is 28.6 Å². The number of phenols is 1. The molecule has 0 aliphatic rings. The Morgan fingerprint density at radius 1 is 1.37 bits per heavy atom. The fourth-order valence-corrected chi connectivity index (χ4v) is 1.81. The summed E-state index contributed by atoms with van der Waals surface area (Å²) < 4.78 is 4.58. The van der Waals surface area contributed by atoms with Gasteiger partial charge in [-0.1, -0.05) is 26.8 Å². The Hall–Kier alpha value is -1.91. The number of benzene rings is 1. The number of esters is 1. The standard InChI is InChI=1S/C14H19NO4/c1-14(2,3)10-7-9(5-6-12(16)19-4)8-11(15-18)13(10)17/h7-8,17H,5-6H2,1-4H3. The first-order valence-electron chi connectivity index (χ1n) is 6.06. The first-order valence-corrected chi connectivity index (χ1v) is 6.06. The third kappa shape index (κ3) is 3.77. The zero-order valence-electron chi connectivity index (χ0n) is 11.7. The van der Waals surface area contributed by atoms with E-state index >= 15 is 0 Å². The second-order valence-corrected chi connectivity index (χ2v) is 5.43. The number of phenolic OH excluding ortho intramolecular Hbond substituents is 1. The van der Waals surface area contributed by atoms with Crippen LogP contribution in [0.3, 0.4) is 0 Å². The number of rotatable bonds is 4. The van der Waals surface area contributed by atoms with Crippen LogP contribution in [0.4, 0.5) is 5.69 Å². The Balaban J connectivity index is 3.13. The number of carbonyl (C=O) groups is 1. The van der Waals surface area contributed by atoms with E-state index in [1.54, 1.807) is 6.07 Å². The number of carbonyl (C=O) groups excluding carboxylic acids is 1. The first-order chi connectivity index (χ1) is 8.79. The highest BCUT2D eigenvalue weighted by molar-refractivity contribution is 5.69. The molecule has 0 saturated heterocycles. The van der Waals surface area contributed by atoms with E-state index in [1.807, 2.05) is 20.8 Å². The second kappa shape index (κ2) is 5.82. The van der Waals surface area contributed by atoms with Crippen molar-refractivity contribution in [2.45, 2.75) is 39.0 Å². The van der Waals surface area contributed by atoms with Crippen molar-refractivity contribution in [1.82, 2.24) is 0 Å². The van der Waals surface area contributed by atoms with Crippen molar-refractivity contribution in [3.63, 3.8) is 0 Å². The van der Waals surface area contributed by atoms with E-state index < -0.39 is 0 Å². The van der Waals surface area contributed by atoms with Gasteiger partial charge in [-0.15, -0.1) is 4.91 Å². The molecule has 5 nitrogen and oxygen atoms in total. The van der Waals surface area contributed by atoms with Gasteiger partial charge in [0.15, 0.2) is 0 Å². The maximum absolute atomic E-state index is 11.1. The van der Waals surface area contributed by atoms with Crippen LogP contribution in [0.15, 0.2) is 17.3 Å². The molecule has 0 unspecified atom stereocenters. The molecule has 1 N–H and O–H groups in total. The molecular formula is C14H19NO4. The average molecular weight is 265 g/mol. The van der Waals surface area contributed by atoms with Crippen LogP contribution in [0.2, 0.25) is 0 Å². The minimum Gasteiger partial charge on any atom is -0.505 e. The predicted octanol–water partition coefficient (Wildman–Crippen LogP) is 3.19. The van der Waals surface area contributed by atoms with Gasteiger partial charge >= 0.3 is 5.97 Å². The number of methoxy groups -OCH3 is 1. The minimum absolute atomic E-state index is 0.00675. The Kier molecular flexibility index (Phi) is 4.64. The summed E-state index contributed by atoms with van der Waals surface area (Å²) in [6.07, 6.45) is 0.668. The quantitative estimate of drug-likeness (QED) is 0.670. The normalized spacial score (nSPS) is 11.2. The number of nitroso groups, excluding NO2 is 1. The number of nitrogens with zero attached hydrogens (tertiary/aromatic N) is 1. The Morgan fingerprint density at radius 3 is 2.47 bits per heavy atom. The van der Waals surface area contributed by atoms with Crippen molar-refractivity contribution in [3.05, 3.63) is 28.2 Å². The molecule has 0 fully saturated rings. The van der Waals surface area contributed by atoms with Crippen LogP contribution < -0.4 is 0 Å². The van der Waals surface area contributed by atoms with Gasteiger partial charge in [0.05, 0.1) is 7.11 Å². The molecule has 0 atom stereocenters. The summed E-state index contributed by atoms with van der Waals surface area (Å²) >= 11 is 0. The highest BCUT2D eigenvalue weighted by Gasteiger charge is 2.22. The maximum atomic E-state index is 11.1. The molecule has 0 heterocycles. The number of ether oxygens (including phenoxy) is 1. The number of hydrogen-bond acceptors (Lipinski definition) is 5. The zero-order valence-corrected chi connectivity index (χ0v) is 11.7. The summed E-state index contributed by atoms with van der Waals surface area (Å²) in [5.74, 6) is -0.407. The summed E-state index contributed by atoms with van der Waals surface area (Å²) in [6, 6.07) is 3.30. The predicted molar refractivity (Wildman–Crippen MR) is 72.6 cm³/mol. The van der Waals surface area contributed by atoms with Crippen LogP contribution in [-0.4, -0.2) is 18.2 Å². The van der Waals surface area contributed by atoms with Gasteiger partial charge in [0.25, 0.3) is 0 Å². The van der Waals surface area contributed by atoms with E-state index in [4.69, 9.17) is 0 Å². The van der Waals surface area contributed by atoms with E-state index in [0.29, 0.717) is 12.0 Å². The van der Waals surface area contributed by atoms with Gasteiger partial charge in [-0.2, -0.15) is 0 Å². The van der Waals surface area contributed by atoms with Crippen molar-refractivity contribution >= 4 is 11.7 Å². The third-order valence-corrected chi connectivity index (χ3v) is 2.90. The van der Waals surface area contributed by atoms with E-state index in [0.717, 1.165) is 5.56 Å².